The summed E-state index contributed by atoms with van der Waals surface area (Å²) < 4.78 is 43.2. The summed E-state index contributed by atoms with van der Waals surface area (Å²) in [6, 6.07) is 0.808. The molecule has 3 heterocycles. The quantitative estimate of drug-likeness (QED) is 0.495. The summed E-state index contributed by atoms with van der Waals surface area (Å²) in [5.41, 5.74) is 1.68. The number of hydrogen-bond donors (Lipinski definition) is 1. The SMILES string of the molecule is CCOC(O)N1CCC2(CC(N3CC=C([C@@H]4CCCN4CCC(F)(F)F)CC3)C2)C1. The second kappa shape index (κ2) is 9.06. The molecule has 1 aliphatic carbocycles. The van der Waals surface area contributed by atoms with Crippen LogP contribution in [-0.4, -0.2) is 90.4 Å². The van der Waals surface area contributed by atoms with Crippen molar-refractivity contribution in [2.45, 2.75) is 76.5 Å². The van der Waals surface area contributed by atoms with Crippen molar-refractivity contribution in [1.29, 1.82) is 0 Å². The number of likely N-dealkylation sites (tertiary alicyclic amines) is 2. The van der Waals surface area contributed by atoms with Gasteiger partial charge in [0.15, 0.2) is 0 Å². The molecule has 4 rings (SSSR count). The Balaban J connectivity index is 1.24. The third-order valence-corrected chi connectivity index (χ3v) is 7.70. The van der Waals surface area contributed by atoms with Crippen molar-refractivity contribution >= 4 is 0 Å². The van der Waals surface area contributed by atoms with Crippen molar-refractivity contribution in [2.24, 2.45) is 5.41 Å². The lowest BCUT2D eigenvalue weighted by Gasteiger charge is -2.51. The van der Waals surface area contributed by atoms with Gasteiger partial charge in [-0.2, -0.15) is 13.2 Å². The van der Waals surface area contributed by atoms with Crippen molar-refractivity contribution in [1.82, 2.24) is 14.7 Å². The lowest BCUT2D eigenvalue weighted by atomic mass is 9.64. The topological polar surface area (TPSA) is 39.2 Å². The summed E-state index contributed by atoms with van der Waals surface area (Å²) in [6.07, 6.45) is 3.18. The third kappa shape index (κ3) is 5.04. The zero-order valence-corrected chi connectivity index (χ0v) is 18.0. The van der Waals surface area contributed by atoms with E-state index in [9.17, 15) is 18.3 Å². The average Bonchev–Trinajstić information content (AvgIpc) is 3.32. The molecular weight excluding hydrogens is 395 g/mol. The molecule has 5 nitrogen and oxygen atoms in total. The molecule has 2 saturated heterocycles. The normalized spacial score (nSPS) is 35.0. The third-order valence-electron chi connectivity index (χ3n) is 7.70. The lowest BCUT2D eigenvalue weighted by molar-refractivity contribution is -0.188. The van der Waals surface area contributed by atoms with Crippen molar-refractivity contribution in [3.8, 4) is 0 Å². The Labute approximate surface area is 177 Å². The average molecular weight is 432 g/mol. The standard InChI is InChI=1S/C22H36F3N3O2/c1-2-30-20(29)28-12-7-21(16-28)14-18(15-21)26-10-5-17(6-11-26)19-4-3-9-27(19)13-8-22(23,24)25/h5,18-20,29H,2-4,6-16H2,1H3/t18?,19-,20?,21?/m0/s1. The molecule has 3 aliphatic heterocycles. The highest BCUT2D eigenvalue weighted by Crippen LogP contribution is 2.50. The molecular formula is C22H36F3N3O2. The largest absolute Gasteiger partial charge is 0.390 e. The maximum absolute atomic E-state index is 12.6. The van der Waals surface area contributed by atoms with Crippen LogP contribution in [0.1, 0.15) is 51.9 Å². The fourth-order valence-electron chi connectivity index (χ4n) is 6.06. The molecule has 1 saturated carbocycles. The van der Waals surface area contributed by atoms with Gasteiger partial charge in [0.1, 0.15) is 0 Å². The van der Waals surface area contributed by atoms with E-state index in [4.69, 9.17) is 4.74 Å². The second-order valence-corrected chi connectivity index (χ2v) is 9.65. The second-order valence-electron chi connectivity index (χ2n) is 9.65. The van der Waals surface area contributed by atoms with E-state index in [1.165, 1.54) is 18.4 Å². The minimum atomic E-state index is -4.07. The Morgan fingerprint density at radius 1 is 1.27 bits per heavy atom. The van der Waals surface area contributed by atoms with Gasteiger partial charge in [0.05, 0.1) is 6.42 Å². The van der Waals surface area contributed by atoms with Gasteiger partial charge in [-0.05, 0) is 57.4 Å². The number of aliphatic hydroxyl groups is 1. The first-order valence-corrected chi connectivity index (χ1v) is 11.6. The molecule has 1 N–H and O–H groups in total. The number of halogens is 3. The van der Waals surface area contributed by atoms with Crippen molar-refractivity contribution in [2.75, 3.05) is 45.9 Å². The molecule has 2 atom stereocenters. The summed E-state index contributed by atoms with van der Waals surface area (Å²) in [7, 11) is 0. The fourth-order valence-corrected chi connectivity index (χ4v) is 6.06. The van der Waals surface area contributed by atoms with Gasteiger partial charge in [0, 0.05) is 51.4 Å². The lowest BCUT2D eigenvalue weighted by Crippen LogP contribution is -2.54. The van der Waals surface area contributed by atoms with Gasteiger partial charge in [-0.1, -0.05) is 11.6 Å². The van der Waals surface area contributed by atoms with E-state index in [1.807, 2.05) is 16.7 Å². The van der Waals surface area contributed by atoms with E-state index in [1.54, 1.807) is 0 Å². The molecule has 30 heavy (non-hydrogen) atoms. The molecule has 4 aliphatic rings. The first-order valence-electron chi connectivity index (χ1n) is 11.6. The Bertz CT molecular complexity index is 621. The molecule has 172 valence electrons. The highest BCUT2D eigenvalue weighted by molar-refractivity contribution is 5.18. The highest BCUT2D eigenvalue weighted by Gasteiger charge is 2.51. The summed E-state index contributed by atoms with van der Waals surface area (Å²) in [4.78, 5) is 6.64. The van der Waals surface area contributed by atoms with E-state index in [-0.39, 0.29) is 12.6 Å². The number of ether oxygens (including phenoxy) is 1. The maximum atomic E-state index is 12.6. The maximum Gasteiger partial charge on any atom is 0.390 e. The van der Waals surface area contributed by atoms with Crippen molar-refractivity contribution < 1.29 is 23.0 Å². The number of rotatable bonds is 7. The number of aliphatic hydroxyl groups excluding tert-OH is 1. The van der Waals surface area contributed by atoms with Gasteiger partial charge in [-0.25, -0.2) is 0 Å². The van der Waals surface area contributed by atoms with E-state index >= 15 is 0 Å². The van der Waals surface area contributed by atoms with Crippen LogP contribution in [0.15, 0.2) is 11.6 Å². The van der Waals surface area contributed by atoms with Crippen LogP contribution in [0.5, 0.6) is 0 Å². The van der Waals surface area contributed by atoms with Crippen LogP contribution in [0, 0.1) is 5.41 Å². The fraction of sp³-hybridized carbons (Fsp3) is 0.909. The number of alkyl halides is 3. The van der Waals surface area contributed by atoms with Crippen LogP contribution in [0.4, 0.5) is 13.2 Å². The predicted octanol–water partition coefficient (Wildman–Crippen LogP) is 3.20. The monoisotopic (exact) mass is 431 g/mol. The Morgan fingerprint density at radius 3 is 2.73 bits per heavy atom. The molecule has 0 amide bonds. The molecule has 0 radical (unpaired) electrons. The Hall–Kier alpha value is -0.670. The van der Waals surface area contributed by atoms with E-state index in [0.29, 0.717) is 18.1 Å². The zero-order valence-electron chi connectivity index (χ0n) is 18.0. The Morgan fingerprint density at radius 2 is 2.07 bits per heavy atom. The zero-order chi connectivity index (χ0) is 21.4. The number of hydrogen-bond acceptors (Lipinski definition) is 5. The van der Waals surface area contributed by atoms with Crippen LogP contribution >= 0.6 is 0 Å². The van der Waals surface area contributed by atoms with Crippen LogP contribution in [-0.2, 0) is 4.74 Å². The summed E-state index contributed by atoms with van der Waals surface area (Å²) >= 11 is 0. The molecule has 3 fully saturated rings. The van der Waals surface area contributed by atoms with Crippen LogP contribution in [0.3, 0.4) is 0 Å². The van der Waals surface area contributed by atoms with Gasteiger partial charge in [-0.3, -0.25) is 14.7 Å². The number of nitrogens with zero attached hydrogens (tertiary/aromatic N) is 3. The van der Waals surface area contributed by atoms with Crippen LogP contribution < -0.4 is 0 Å². The van der Waals surface area contributed by atoms with Gasteiger partial charge in [0.2, 0.25) is 6.41 Å². The minimum Gasteiger partial charge on any atom is -0.356 e. The summed E-state index contributed by atoms with van der Waals surface area (Å²) in [5, 5.41) is 10.1. The molecule has 1 unspecified atom stereocenters. The van der Waals surface area contributed by atoms with Gasteiger partial charge >= 0.3 is 6.18 Å². The molecule has 8 heteroatoms. The smallest absolute Gasteiger partial charge is 0.356 e. The van der Waals surface area contributed by atoms with Crippen LogP contribution in [0.2, 0.25) is 0 Å². The van der Waals surface area contributed by atoms with Crippen molar-refractivity contribution in [3.05, 3.63) is 11.6 Å². The van der Waals surface area contributed by atoms with Gasteiger partial charge in [-0.15, -0.1) is 0 Å². The first-order chi connectivity index (χ1) is 14.3. The first kappa shape index (κ1) is 22.5. The highest BCUT2D eigenvalue weighted by atomic mass is 19.4. The van der Waals surface area contributed by atoms with Gasteiger partial charge in [0.25, 0.3) is 0 Å². The van der Waals surface area contributed by atoms with E-state index in [2.05, 4.69) is 11.0 Å². The molecule has 1 spiro atoms. The molecule has 0 aromatic heterocycles. The molecule has 0 bridgehead atoms. The van der Waals surface area contributed by atoms with Crippen molar-refractivity contribution in [3.63, 3.8) is 0 Å². The van der Waals surface area contributed by atoms with Crippen LogP contribution in [0.25, 0.3) is 0 Å². The molecule has 0 aromatic carbocycles. The summed E-state index contributed by atoms with van der Waals surface area (Å²) in [6.45, 7) is 7.08. The van der Waals surface area contributed by atoms with E-state index in [0.717, 1.165) is 58.4 Å². The minimum absolute atomic E-state index is 0.129. The Kier molecular flexibility index (Phi) is 6.80. The predicted molar refractivity (Wildman–Crippen MR) is 109 cm³/mol. The summed E-state index contributed by atoms with van der Waals surface area (Å²) in [5.74, 6) is 0. The van der Waals surface area contributed by atoms with Gasteiger partial charge < -0.3 is 9.84 Å². The molecule has 0 aromatic rings. The van der Waals surface area contributed by atoms with E-state index < -0.39 is 19.0 Å².